The molecule has 0 saturated carbocycles. The minimum absolute atomic E-state index is 1.29. The highest BCUT2D eigenvalue weighted by atomic mass is 14.1. The van der Waals surface area contributed by atoms with Crippen LogP contribution >= 0.6 is 0 Å². The molecule has 0 radical (unpaired) electrons. The first kappa shape index (κ1) is 14.6. The van der Waals surface area contributed by atoms with Crippen LogP contribution in [0.15, 0.2) is 60.7 Å². The van der Waals surface area contributed by atoms with Crippen molar-refractivity contribution in [2.45, 2.75) is 27.7 Å². The summed E-state index contributed by atoms with van der Waals surface area (Å²) in [6.07, 6.45) is 0. The lowest BCUT2D eigenvalue weighted by molar-refractivity contribution is 1.38. The number of hydrogen-bond donors (Lipinski definition) is 0. The summed E-state index contributed by atoms with van der Waals surface area (Å²) in [7, 11) is 0. The van der Waals surface area contributed by atoms with Gasteiger partial charge in [-0.2, -0.15) is 0 Å². The lowest BCUT2D eigenvalue weighted by Gasteiger charge is -2.11. The summed E-state index contributed by atoms with van der Waals surface area (Å²) in [5.74, 6) is 0. The molecule has 3 rings (SSSR count). The van der Waals surface area contributed by atoms with Gasteiger partial charge in [0.2, 0.25) is 0 Å². The zero-order chi connectivity index (χ0) is 15.7. The fourth-order valence-corrected chi connectivity index (χ4v) is 2.99. The third-order valence-corrected chi connectivity index (χ3v) is 4.16. The molecule has 3 aromatic carbocycles. The van der Waals surface area contributed by atoms with Crippen LogP contribution < -0.4 is 0 Å². The lowest BCUT2D eigenvalue weighted by Crippen LogP contribution is -1.88. The summed E-state index contributed by atoms with van der Waals surface area (Å²) < 4.78 is 0. The monoisotopic (exact) mass is 286 g/mol. The Morgan fingerprint density at radius 2 is 1.05 bits per heavy atom. The van der Waals surface area contributed by atoms with Crippen molar-refractivity contribution in [3.05, 3.63) is 82.9 Å². The molecule has 0 nitrogen and oxygen atoms in total. The van der Waals surface area contributed by atoms with Gasteiger partial charge in [-0.1, -0.05) is 71.3 Å². The Balaban J connectivity index is 2.11. The molecule has 0 amide bonds. The van der Waals surface area contributed by atoms with Gasteiger partial charge in [-0.3, -0.25) is 0 Å². The first-order chi connectivity index (χ1) is 10.5. The molecule has 110 valence electrons. The smallest absolute Gasteiger partial charge is 0.0149 e. The molecule has 0 aliphatic heterocycles. The van der Waals surface area contributed by atoms with Crippen molar-refractivity contribution in [2.24, 2.45) is 0 Å². The van der Waals surface area contributed by atoms with E-state index in [1.807, 2.05) is 0 Å². The van der Waals surface area contributed by atoms with Crippen LogP contribution in [0.2, 0.25) is 0 Å². The van der Waals surface area contributed by atoms with Crippen LogP contribution in [0.25, 0.3) is 22.3 Å². The van der Waals surface area contributed by atoms with Crippen molar-refractivity contribution in [1.29, 1.82) is 0 Å². The molecule has 0 aliphatic rings. The van der Waals surface area contributed by atoms with Gasteiger partial charge in [-0.25, -0.2) is 0 Å². The zero-order valence-electron chi connectivity index (χ0n) is 13.8. The van der Waals surface area contributed by atoms with Gasteiger partial charge in [-0.05, 0) is 61.6 Å². The van der Waals surface area contributed by atoms with E-state index in [0.29, 0.717) is 0 Å². The van der Waals surface area contributed by atoms with E-state index in [0.717, 1.165) is 0 Å². The van der Waals surface area contributed by atoms with Crippen LogP contribution in [0.1, 0.15) is 22.3 Å². The van der Waals surface area contributed by atoms with Crippen LogP contribution in [-0.4, -0.2) is 0 Å². The van der Waals surface area contributed by atoms with Crippen molar-refractivity contribution >= 4 is 0 Å². The first-order valence-electron chi connectivity index (χ1n) is 7.79. The van der Waals surface area contributed by atoms with Crippen molar-refractivity contribution in [1.82, 2.24) is 0 Å². The van der Waals surface area contributed by atoms with Crippen molar-refractivity contribution in [2.75, 3.05) is 0 Å². The zero-order valence-corrected chi connectivity index (χ0v) is 13.8. The average Bonchev–Trinajstić information content (AvgIpc) is 2.48. The van der Waals surface area contributed by atoms with E-state index in [-0.39, 0.29) is 0 Å². The van der Waals surface area contributed by atoms with E-state index in [1.165, 1.54) is 44.5 Å². The maximum atomic E-state index is 2.31. The molecule has 0 saturated heterocycles. The third kappa shape index (κ3) is 2.96. The molecule has 0 unspecified atom stereocenters. The van der Waals surface area contributed by atoms with Gasteiger partial charge in [0.05, 0.1) is 0 Å². The van der Waals surface area contributed by atoms with Gasteiger partial charge in [0.1, 0.15) is 0 Å². The Labute approximate surface area is 133 Å². The predicted octanol–water partition coefficient (Wildman–Crippen LogP) is 6.25. The van der Waals surface area contributed by atoms with Gasteiger partial charge < -0.3 is 0 Å². The largest absolute Gasteiger partial charge is 0.0587 e. The molecule has 0 fully saturated rings. The fourth-order valence-electron chi connectivity index (χ4n) is 2.99. The third-order valence-electron chi connectivity index (χ3n) is 4.16. The van der Waals surface area contributed by atoms with E-state index in [4.69, 9.17) is 0 Å². The number of benzene rings is 3. The minimum atomic E-state index is 1.29. The highest BCUT2D eigenvalue weighted by molar-refractivity contribution is 5.76. The van der Waals surface area contributed by atoms with Crippen LogP contribution in [0.3, 0.4) is 0 Å². The molecule has 3 aromatic rings. The van der Waals surface area contributed by atoms with E-state index < -0.39 is 0 Å². The maximum Gasteiger partial charge on any atom is -0.0149 e. The molecule has 22 heavy (non-hydrogen) atoms. The van der Waals surface area contributed by atoms with E-state index in [1.54, 1.807) is 0 Å². The molecule has 0 atom stereocenters. The summed E-state index contributed by atoms with van der Waals surface area (Å²) >= 11 is 0. The van der Waals surface area contributed by atoms with Gasteiger partial charge in [0, 0.05) is 0 Å². The summed E-state index contributed by atoms with van der Waals surface area (Å²) in [5.41, 5.74) is 10.4. The number of rotatable bonds is 2. The van der Waals surface area contributed by atoms with Gasteiger partial charge in [-0.15, -0.1) is 0 Å². The molecule has 0 heteroatoms. The summed E-state index contributed by atoms with van der Waals surface area (Å²) in [4.78, 5) is 0. The van der Waals surface area contributed by atoms with Gasteiger partial charge in [0.25, 0.3) is 0 Å². The Kier molecular flexibility index (Phi) is 3.85. The predicted molar refractivity (Wildman–Crippen MR) is 96.3 cm³/mol. The molecule has 0 N–H and O–H groups in total. The molecular formula is C22H22. The second-order valence-corrected chi connectivity index (χ2v) is 6.27. The SMILES string of the molecule is Cc1ccc(-c2cc(-c3cc(C)cc(C)c3)ccc2C)cc1. The Morgan fingerprint density at radius 3 is 1.68 bits per heavy atom. The highest BCUT2D eigenvalue weighted by Gasteiger charge is 2.06. The Bertz CT molecular complexity index is 788. The van der Waals surface area contributed by atoms with Crippen LogP contribution in [0.4, 0.5) is 0 Å². The number of hydrogen-bond acceptors (Lipinski definition) is 0. The van der Waals surface area contributed by atoms with Crippen LogP contribution in [0.5, 0.6) is 0 Å². The van der Waals surface area contributed by atoms with Crippen LogP contribution in [-0.2, 0) is 0 Å². The molecule has 0 bridgehead atoms. The Hall–Kier alpha value is -2.34. The summed E-state index contributed by atoms with van der Waals surface area (Å²) in [5, 5.41) is 0. The van der Waals surface area contributed by atoms with Crippen molar-refractivity contribution in [3.63, 3.8) is 0 Å². The van der Waals surface area contributed by atoms with Crippen molar-refractivity contribution in [3.8, 4) is 22.3 Å². The Morgan fingerprint density at radius 1 is 0.455 bits per heavy atom. The van der Waals surface area contributed by atoms with E-state index in [2.05, 4.69) is 88.4 Å². The first-order valence-corrected chi connectivity index (χ1v) is 7.79. The minimum Gasteiger partial charge on any atom is -0.0587 e. The molecule has 0 aromatic heterocycles. The highest BCUT2D eigenvalue weighted by Crippen LogP contribution is 2.30. The fraction of sp³-hybridized carbons (Fsp3) is 0.182. The van der Waals surface area contributed by atoms with Crippen molar-refractivity contribution < 1.29 is 0 Å². The maximum absolute atomic E-state index is 2.31. The topological polar surface area (TPSA) is 0 Å². The quantitative estimate of drug-likeness (QED) is 0.522. The van der Waals surface area contributed by atoms with E-state index >= 15 is 0 Å². The molecular weight excluding hydrogens is 264 g/mol. The number of aryl methyl sites for hydroxylation is 4. The summed E-state index contributed by atoms with van der Waals surface area (Å²) in [6.45, 7) is 8.63. The molecule has 0 aliphatic carbocycles. The molecule has 0 spiro atoms. The normalized spacial score (nSPS) is 10.7. The second-order valence-electron chi connectivity index (χ2n) is 6.27. The van der Waals surface area contributed by atoms with Gasteiger partial charge in [0.15, 0.2) is 0 Å². The average molecular weight is 286 g/mol. The van der Waals surface area contributed by atoms with E-state index in [9.17, 15) is 0 Å². The standard InChI is InChI=1S/C22H22/c1-15-5-8-19(9-6-15)22-14-20(10-7-18(22)4)21-12-16(2)11-17(3)13-21/h5-14H,1-4H3. The molecule has 0 heterocycles. The van der Waals surface area contributed by atoms with Gasteiger partial charge >= 0.3 is 0 Å². The van der Waals surface area contributed by atoms with Crippen LogP contribution in [0, 0.1) is 27.7 Å². The summed E-state index contributed by atoms with van der Waals surface area (Å²) in [6, 6.07) is 22.3. The second kappa shape index (κ2) is 5.81. The lowest BCUT2D eigenvalue weighted by atomic mass is 9.93.